The minimum atomic E-state index is -0.343. The molecule has 0 fully saturated rings. The summed E-state index contributed by atoms with van der Waals surface area (Å²) in [5.74, 6) is 0.663. The van der Waals surface area contributed by atoms with Crippen LogP contribution in [0.2, 0.25) is 0 Å². The molecule has 2 heterocycles. The Morgan fingerprint density at radius 2 is 2.11 bits per heavy atom. The summed E-state index contributed by atoms with van der Waals surface area (Å²) in [5, 5.41) is 2.75. The molecule has 1 N–H and O–H groups in total. The number of imidazole rings is 1. The number of amides is 1. The van der Waals surface area contributed by atoms with Crippen molar-refractivity contribution in [2.24, 2.45) is 0 Å². The predicted octanol–water partition coefficient (Wildman–Crippen LogP) is 3.21. The second-order valence-corrected chi connectivity index (χ2v) is 5.74. The van der Waals surface area contributed by atoms with Crippen molar-refractivity contribution in [1.82, 2.24) is 14.7 Å². The van der Waals surface area contributed by atoms with Gasteiger partial charge in [-0.1, -0.05) is 6.07 Å². The lowest BCUT2D eigenvalue weighted by Gasteiger charge is -2.09. The topological polar surface area (TPSA) is 64.9 Å². The average molecular weight is 369 g/mol. The monoisotopic (exact) mass is 369 g/mol. The largest absolute Gasteiger partial charge is 0.493 e. The molecule has 0 saturated carbocycles. The van der Waals surface area contributed by atoms with E-state index in [4.69, 9.17) is 9.47 Å². The molecule has 6 nitrogen and oxygen atoms in total. The van der Waals surface area contributed by atoms with Gasteiger partial charge in [0.2, 0.25) is 5.91 Å². The van der Waals surface area contributed by atoms with Crippen molar-refractivity contribution in [3.63, 3.8) is 0 Å². The van der Waals surface area contributed by atoms with Crippen molar-refractivity contribution in [2.45, 2.75) is 13.5 Å². The molecule has 1 aromatic carbocycles. The Bertz CT molecular complexity index is 982. The van der Waals surface area contributed by atoms with Crippen molar-refractivity contribution in [2.75, 3.05) is 13.7 Å². The van der Waals surface area contributed by atoms with Gasteiger partial charge in [-0.25, -0.2) is 9.37 Å². The summed E-state index contributed by atoms with van der Waals surface area (Å²) in [4.78, 5) is 16.4. The third-order valence-corrected chi connectivity index (χ3v) is 3.82. The van der Waals surface area contributed by atoms with Crippen LogP contribution in [0.25, 0.3) is 11.7 Å². The molecule has 2 aromatic heterocycles. The zero-order valence-corrected chi connectivity index (χ0v) is 15.1. The third-order valence-electron chi connectivity index (χ3n) is 3.82. The maximum atomic E-state index is 13.2. The Hall–Kier alpha value is -3.35. The summed E-state index contributed by atoms with van der Waals surface area (Å²) in [5.41, 5.74) is 2.08. The first kappa shape index (κ1) is 18.4. The lowest BCUT2D eigenvalue weighted by Crippen LogP contribution is -2.20. The second kappa shape index (κ2) is 8.35. The highest BCUT2D eigenvalue weighted by atomic mass is 19.1. The van der Waals surface area contributed by atoms with Gasteiger partial charge >= 0.3 is 0 Å². The number of methoxy groups -OCH3 is 1. The van der Waals surface area contributed by atoms with Gasteiger partial charge in [0.1, 0.15) is 11.5 Å². The molecule has 0 bridgehead atoms. The van der Waals surface area contributed by atoms with Crippen LogP contribution >= 0.6 is 0 Å². The van der Waals surface area contributed by atoms with E-state index >= 15 is 0 Å². The first-order chi connectivity index (χ1) is 13.1. The standard InChI is InChI=1S/C20H20FN3O3/c1-3-27-17-7-4-14(10-18(17)26-2)5-9-20(25)22-11-16-13-24-12-15(21)6-8-19(24)23-16/h4-10,12-13H,3,11H2,1-2H3,(H,22,25)/b9-5+. The molecular weight excluding hydrogens is 349 g/mol. The molecule has 0 spiro atoms. The zero-order chi connectivity index (χ0) is 19.2. The van der Waals surface area contributed by atoms with Crippen LogP contribution in [0.5, 0.6) is 11.5 Å². The highest BCUT2D eigenvalue weighted by molar-refractivity contribution is 5.91. The fraction of sp³-hybridized carbons (Fsp3) is 0.200. The first-order valence-electron chi connectivity index (χ1n) is 8.49. The quantitative estimate of drug-likeness (QED) is 0.650. The SMILES string of the molecule is CCOc1ccc(/C=C/C(=O)NCc2cn3cc(F)ccc3n2)cc1OC. The molecule has 0 radical (unpaired) electrons. The molecule has 0 aliphatic carbocycles. The normalized spacial score (nSPS) is 11.1. The minimum absolute atomic E-state index is 0.249. The van der Waals surface area contributed by atoms with Gasteiger partial charge < -0.3 is 19.2 Å². The number of aromatic nitrogens is 2. The predicted molar refractivity (Wildman–Crippen MR) is 100 cm³/mol. The van der Waals surface area contributed by atoms with Gasteiger partial charge in [0, 0.05) is 18.5 Å². The van der Waals surface area contributed by atoms with Crippen LogP contribution in [0.15, 0.2) is 48.8 Å². The summed E-state index contributed by atoms with van der Waals surface area (Å²) in [6.45, 7) is 2.69. The Balaban J connectivity index is 1.61. The number of pyridine rings is 1. The van der Waals surface area contributed by atoms with E-state index in [1.165, 1.54) is 18.3 Å². The van der Waals surface area contributed by atoms with Crippen LogP contribution in [0.3, 0.4) is 0 Å². The number of rotatable bonds is 7. The molecular formula is C20H20FN3O3. The Morgan fingerprint density at radius 1 is 1.26 bits per heavy atom. The van der Waals surface area contributed by atoms with Crippen molar-refractivity contribution in [1.29, 1.82) is 0 Å². The lowest BCUT2D eigenvalue weighted by molar-refractivity contribution is -0.116. The number of nitrogens with zero attached hydrogens (tertiary/aromatic N) is 2. The molecule has 0 atom stereocenters. The Morgan fingerprint density at radius 3 is 2.89 bits per heavy atom. The first-order valence-corrected chi connectivity index (χ1v) is 8.49. The number of benzene rings is 1. The van der Waals surface area contributed by atoms with Crippen LogP contribution < -0.4 is 14.8 Å². The number of nitrogens with one attached hydrogen (secondary N) is 1. The summed E-state index contributed by atoms with van der Waals surface area (Å²) in [6, 6.07) is 8.37. The van der Waals surface area contributed by atoms with Crippen molar-refractivity contribution >= 4 is 17.6 Å². The fourth-order valence-corrected chi connectivity index (χ4v) is 2.57. The number of halogens is 1. The maximum absolute atomic E-state index is 13.2. The summed E-state index contributed by atoms with van der Waals surface area (Å²) in [7, 11) is 1.57. The van der Waals surface area contributed by atoms with E-state index in [1.54, 1.807) is 42.0 Å². The van der Waals surface area contributed by atoms with E-state index in [-0.39, 0.29) is 18.3 Å². The molecule has 3 aromatic rings. The van der Waals surface area contributed by atoms with E-state index in [0.29, 0.717) is 29.4 Å². The van der Waals surface area contributed by atoms with Crippen molar-refractivity contribution in [3.8, 4) is 11.5 Å². The Kier molecular flexibility index (Phi) is 5.71. The van der Waals surface area contributed by atoms with E-state index in [2.05, 4.69) is 10.3 Å². The number of carbonyl (C=O) groups excluding carboxylic acids is 1. The summed E-state index contributed by atoms with van der Waals surface area (Å²) < 4.78 is 25.5. The smallest absolute Gasteiger partial charge is 0.244 e. The number of ether oxygens (including phenoxy) is 2. The van der Waals surface area contributed by atoms with Crippen LogP contribution in [-0.4, -0.2) is 29.0 Å². The molecule has 7 heteroatoms. The number of hydrogen-bond donors (Lipinski definition) is 1. The highest BCUT2D eigenvalue weighted by Crippen LogP contribution is 2.28. The molecule has 0 aliphatic rings. The van der Waals surface area contributed by atoms with Gasteiger partial charge in [0.15, 0.2) is 11.5 Å². The Labute approximate surface area is 156 Å². The van der Waals surface area contributed by atoms with E-state index in [0.717, 1.165) is 5.56 Å². The molecule has 140 valence electrons. The second-order valence-electron chi connectivity index (χ2n) is 5.74. The third kappa shape index (κ3) is 4.63. The molecule has 27 heavy (non-hydrogen) atoms. The molecule has 0 saturated heterocycles. The van der Waals surface area contributed by atoms with E-state index < -0.39 is 0 Å². The van der Waals surface area contributed by atoms with Gasteiger partial charge in [-0.05, 0) is 42.8 Å². The van der Waals surface area contributed by atoms with Gasteiger partial charge in [0.25, 0.3) is 0 Å². The summed E-state index contributed by atoms with van der Waals surface area (Å²) >= 11 is 0. The number of fused-ring (bicyclic) bond motifs is 1. The van der Waals surface area contributed by atoms with Crippen LogP contribution in [0, 0.1) is 5.82 Å². The van der Waals surface area contributed by atoms with Crippen LogP contribution in [-0.2, 0) is 11.3 Å². The highest BCUT2D eigenvalue weighted by Gasteiger charge is 2.05. The van der Waals surface area contributed by atoms with Gasteiger partial charge in [-0.15, -0.1) is 0 Å². The summed E-state index contributed by atoms with van der Waals surface area (Å²) in [6.07, 6.45) is 6.14. The van der Waals surface area contributed by atoms with Crippen molar-refractivity contribution < 1.29 is 18.7 Å². The number of carbonyl (C=O) groups is 1. The van der Waals surface area contributed by atoms with Gasteiger partial charge in [-0.3, -0.25) is 4.79 Å². The lowest BCUT2D eigenvalue weighted by atomic mass is 10.2. The van der Waals surface area contributed by atoms with E-state index in [1.807, 2.05) is 13.0 Å². The molecule has 1 amide bonds. The van der Waals surface area contributed by atoms with Crippen LogP contribution in [0.4, 0.5) is 4.39 Å². The molecule has 0 unspecified atom stereocenters. The minimum Gasteiger partial charge on any atom is -0.493 e. The average Bonchev–Trinajstić information content (AvgIpc) is 3.07. The van der Waals surface area contributed by atoms with Crippen LogP contribution in [0.1, 0.15) is 18.2 Å². The van der Waals surface area contributed by atoms with E-state index in [9.17, 15) is 9.18 Å². The molecule has 0 aliphatic heterocycles. The van der Waals surface area contributed by atoms with Crippen molar-refractivity contribution in [3.05, 3.63) is 65.9 Å². The maximum Gasteiger partial charge on any atom is 0.244 e. The molecule has 3 rings (SSSR count). The fourth-order valence-electron chi connectivity index (χ4n) is 2.57. The zero-order valence-electron chi connectivity index (χ0n) is 15.1. The van der Waals surface area contributed by atoms with Gasteiger partial charge in [0.05, 0.1) is 26.0 Å². The van der Waals surface area contributed by atoms with Gasteiger partial charge in [-0.2, -0.15) is 0 Å². The number of hydrogen-bond acceptors (Lipinski definition) is 4.